The molecule has 1 aromatic heterocycles. The van der Waals surface area contributed by atoms with Crippen molar-refractivity contribution in [1.29, 1.82) is 0 Å². The molecule has 7 heteroatoms. The summed E-state index contributed by atoms with van der Waals surface area (Å²) in [5.74, 6) is -0.539. The van der Waals surface area contributed by atoms with Gasteiger partial charge >= 0.3 is 5.97 Å². The number of likely N-dealkylation sites (N-methyl/N-ethyl adjacent to an activating group) is 1. The van der Waals surface area contributed by atoms with E-state index in [1.165, 1.54) is 4.90 Å². The van der Waals surface area contributed by atoms with Crippen LogP contribution in [0.2, 0.25) is 0 Å². The maximum absolute atomic E-state index is 12.0. The maximum atomic E-state index is 12.0. The molecule has 0 radical (unpaired) electrons. The van der Waals surface area contributed by atoms with Crippen molar-refractivity contribution in [2.24, 2.45) is 7.05 Å². The fourth-order valence-corrected chi connectivity index (χ4v) is 1.88. The molecule has 0 aliphatic carbocycles. The van der Waals surface area contributed by atoms with Crippen LogP contribution in [0.15, 0.2) is 0 Å². The summed E-state index contributed by atoms with van der Waals surface area (Å²) in [6, 6.07) is 0. The van der Waals surface area contributed by atoms with Gasteiger partial charge in [-0.05, 0) is 20.8 Å². The van der Waals surface area contributed by atoms with E-state index in [-0.39, 0.29) is 25.5 Å². The smallest absolute Gasteiger partial charge is 0.305 e. The van der Waals surface area contributed by atoms with E-state index in [9.17, 15) is 9.59 Å². The molecule has 1 N–H and O–H groups in total. The number of hydrogen-bond acceptors (Lipinski definition) is 4. The summed E-state index contributed by atoms with van der Waals surface area (Å²) in [5.41, 5.74) is 1.58. The van der Waals surface area contributed by atoms with Crippen LogP contribution in [0.1, 0.15) is 24.7 Å². The lowest BCUT2D eigenvalue weighted by atomic mass is 10.3. The largest absolute Gasteiger partial charge is 0.481 e. The first-order valence-electron chi connectivity index (χ1n) is 6.49. The fourth-order valence-electron chi connectivity index (χ4n) is 1.88. The highest BCUT2D eigenvalue weighted by atomic mass is 16.5. The fraction of sp³-hybridized carbons (Fsp3) is 0.615. The number of hydrogen-bond donors (Lipinski definition) is 1. The average Bonchev–Trinajstić information content (AvgIpc) is 2.61. The Balaban J connectivity index is 2.59. The van der Waals surface area contributed by atoms with E-state index in [4.69, 9.17) is 9.84 Å². The van der Waals surface area contributed by atoms with Gasteiger partial charge in [0.25, 0.3) is 5.91 Å². The summed E-state index contributed by atoms with van der Waals surface area (Å²) in [6.45, 7) is 6.03. The zero-order chi connectivity index (χ0) is 15.3. The molecule has 0 aromatic carbocycles. The Morgan fingerprint density at radius 3 is 2.50 bits per heavy atom. The summed E-state index contributed by atoms with van der Waals surface area (Å²) in [4.78, 5) is 24.0. The van der Waals surface area contributed by atoms with E-state index in [1.807, 2.05) is 20.9 Å². The second-order valence-corrected chi connectivity index (χ2v) is 4.53. The molecule has 0 unspecified atom stereocenters. The van der Waals surface area contributed by atoms with Crippen LogP contribution in [-0.2, 0) is 16.6 Å². The number of nitrogens with zero attached hydrogens (tertiary/aromatic N) is 3. The molecule has 0 aliphatic heterocycles. The number of amides is 1. The van der Waals surface area contributed by atoms with Crippen LogP contribution in [0.3, 0.4) is 0 Å². The van der Waals surface area contributed by atoms with Gasteiger partial charge in [0.2, 0.25) is 0 Å². The highest BCUT2D eigenvalue weighted by Crippen LogP contribution is 2.21. The van der Waals surface area contributed by atoms with Crippen LogP contribution in [0.5, 0.6) is 5.75 Å². The van der Waals surface area contributed by atoms with Gasteiger partial charge < -0.3 is 14.7 Å². The number of carboxylic acids is 1. The Hall–Kier alpha value is -2.05. The zero-order valence-corrected chi connectivity index (χ0v) is 12.3. The van der Waals surface area contributed by atoms with Crippen molar-refractivity contribution in [2.75, 3.05) is 19.7 Å². The minimum absolute atomic E-state index is 0.0650. The second-order valence-electron chi connectivity index (χ2n) is 4.53. The van der Waals surface area contributed by atoms with Gasteiger partial charge in [-0.3, -0.25) is 14.3 Å². The van der Waals surface area contributed by atoms with Gasteiger partial charge in [-0.25, -0.2) is 0 Å². The minimum atomic E-state index is -0.920. The second kappa shape index (κ2) is 6.93. The molecular weight excluding hydrogens is 262 g/mol. The van der Waals surface area contributed by atoms with E-state index in [0.717, 1.165) is 11.4 Å². The summed E-state index contributed by atoms with van der Waals surface area (Å²) < 4.78 is 7.21. The first kappa shape index (κ1) is 16.0. The van der Waals surface area contributed by atoms with Gasteiger partial charge in [-0.2, -0.15) is 5.10 Å². The molecule has 20 heavy (non-hydrogen) atoms. The Kier molecular flexibility index (Phi) is 5.54. The lowest BCUT2D eigenvalue weighted by Crippen LogP contribution is -2.36. The van der Waals surface area contributed by atoms with Crippen LogP contribution in [-0.4, -0.2) is 51.4 Å². The molecule has 7 nitrogen and oxygen atoms in total. The van der Waals surface area contributed by atoms with Crippen LogP contribution in [0, 0.1) is 13.8 Å². The quantitative estimate of drug-likeness (QED) is 0.797. The van der Waals surface area contributed by atoms with Crippen molar-refractivity contribution in [3.63, 3.8) is 0 Å². The van der Waals surface area contributed by atoms with Crippen molar-refractivity contribution in [3.8, 4) is 5.75 Å². The molecule has 0 saturated carbocycles. The van der Waals surface area contributed by atoms with Gasteiger partial charge in [0.1, 0.15) is 5.69 Å². The maximum Gasteiger partial charge on any atom is 0.305 e. The molecule has 0 saturated heterocycles. The molecule has 1 amide bonds. The predicted molar refractivity (Wildman–Crippen MR) is 72.7 cm³/mol. The molecule has 112 valence electrons. The number of carboxylic acid groups (broad SMARTS) is 1. The van der Waals surface area contributed by atoms with E-state index < -0.39 is 5.97 Å². The van der Waals surface area contributed by atoms with E-state index in [2.05, 4.69) is 5.10 Å². The van der Waals surface area contributed by atoms with Crippen LogP contribution >= 0.6 is 0 Å². The highest BCUT2D eigenvalue weighted by molar-refractivity contribution is 5.78. The number of rotatable bonds is 7. The third-order valence-electron chi connectivity index (χ3n) is 3.11. The van der Waals surface area contributed by atoms with Crippen molar-refractivity contribution in [3.05, 3.63) is 11.4 Å². The lowest BCUT2D eigenvalue weighted by molar-refractivity contribution is -0.139. The Morgan fingerprint density at radius 2 is 2.05 bits per heavy atom. The number of carbonyl (C=O) groups is 2. The third kappa shape index (κ3) is 3.97. The number of carbonyl (C=O) groups excluding carboxylic acids is 1. The molecule has 1 heterocycles. The van der Waals surface area contributed by atoms with E-state index in [0.29, 0.717) is 12.3 Å². The van der Waals surface area contributed by atoms with E-state index in [1.54, 1.807) is 11.6 Å². The standard InChI is InChI=1S/C13H21N3O4/c1-5-16(7-6-12(18)19)11(17)8-20-13-9(2)14-15(4)10(13)3/h5-8H2,1-4H3,(H,18,19). The normalized spacial score (nSPS) is 10.4. The highest BCUT2D eigenvalue weighted by Gasteiger charge is 2.16. The first-order valence-corrected chi connectivity index (χ1v) is 6.49. The number of aryl methyl sites for hydroxylation is 2. The van der Waals surface area contributed by atoms with Crippen LogP contribution in [0.4, 0.5) is 0 Å². The zero-order valence-electron chi connectivity index (χ0n) is 12.3. The topological polar surface area (TPSA) is 84.7 Å². The molecule has 0 atom stereocenters. The average molecular weight is 283 g/mol. The van der Waals surface area contributed by atoms with Crippen molar-refractivity contribution >= 4 is 11.9 Å². The van der Waals surface area contributed by atoms with Gasteiger partial charge in [0, 0.05) is 20.1 Å². The van der Waals surface area contributed by atoms with Crippen molar-refractivity contribution < 1.29 is 19.4 Å². The Labute approximate surface area is 118 Å². The van der Waals surface area contributed by atoms with Gasteiger partial charge in [-0.1, -0.05) is 0 Å². The van der Waals surface area contributed by atoms with Gasteiger partial charge in [0.15, 0.2) is 12.4 Å². The van der Waals surface area contributed by atoms with Crippen LogP contribution < -0.4 is 4.74 Å². The molecule has 1 rings (SSSR count). The number of aliphatic carboxylic acids is 1. The molecule has 0 spiro atoms. The predicted octanol–water partition coefficient (Wildman–Crippen LogP) is 0.739. The Morgan fingerprint density at radius 1 is 1.40 bits per heavy atom. The van der Waals surface area contributed by atoms with Crippen LogP contribution in [0.25, 0.3) is 0 Å². The molecule has 0 fully saturated rings. The summed E-state index contributed by atoms with van der Waals surface area (Å²) >= 11 is 0. The van der Waals surface area contributed by atoms with E-state index >= 15 is 0 Å². The molecular formula is C13H21N3O4. The van der Waals surface area contributed by atoms with Crippen molar-refractivity contribution in [2.45, 2.75) is 27.2 Å². The van der Waals surface area contributed by atoms with Crippen molar-refractivity contribution in [1.82, 2.24) is 14.7 Å². The third-order valence-corrected chi connectivity index (χ3v) is 3.11. The molecule has 0 aliphatic rings. The lowest BCUT2D eigenvalue weighted by Gasteiger charge is -2.20. The number of aromatic nitrogens is 2. The molecule has 0 bridgehead atoms. The molecule has 1 aromatic rings. The summed E-state index contributed by atoms with van der Waals surface area (Å²) in [5, 5.41) is 12.8. The minimum Gasteiger partial charge on any atom is -0.481 e. The Bertz CT molecular complexity index is 496. The number of ether oxygens (including phenoxy) is 1. The monoisotopic (exact) mass is 283 g/mol. The first-order chi connectivity index (χ1) is 9.36. The van der Waals surface area contributed by atoms with Gasteiger partial charge in [0.05, 0.1) is 12.1 Å². The van der Waals surface area contributed by atoms with Gasteiger partial charge in [-0.15, -0.1) is 0 Å². The SMILES string of the molecule is CCN(CCC(=O)O)C(=O)COc1c(C)nn(C)c1C. The summed E-state index contributed by atoms with van der Waals surface area (Å²) in [6.07, 6.45) is -0.0650. The summed E-state index contributed by atoms with van der Waals surface area (Å²) in [7, 11) is 1.81.